The van der Waals surface area contributed by atoms with Crippen molar-refractivity contribution < 1.29 is 0 Å². The molecule has 0 radical (unpaired) electrons. The van der Waals surface area contributed by atoms with Gasteiger partial charge >= 0.3 is 0 Å². The molecule has 25 heavy (non-hydrogen) atoms. The summed E-state index contributed by atoms with van der Waals surface area (Å²) in [7, 11) is 0. The average molecular weight is 335 g/mol. The lowest BCUT2D eigenvalue weighted by Crippen LogP contribution is -2.11. The van der Waals surface area contributed by atoms with Gasteiger partial charge < -0.3 is 0 Å². The van der Waals surface area contributed by atoms with Gasteiger partial charge in [-0.3, -0.25) is 9.36 Å². The van der Waals surface area contributed by atoms with Gasteiger partial charge in [-0.05, 0) is 27.6 Å². The third kappa shape index (κ3) is 3.77. The van der Waals surface area contributed by atoms with E-state index in [1.807, 2.05) is 21.6 Å². The molecule has 0 atom stereocenters. The monoisotopic (exact) mass is 335 g/mol. The van der Waals surface area contributed by atoms with Gasteiger partial charge in [0, 0.05) is 25.4 Å². The van der Waals surface area contributed by atoms with Crippen molar-refractivity contribution in [3.05, 3.63) is 72.3 Å². The maximum absolute atomic E-state index is 4.22. The summed E-state index contributed by atoms with van der Waals surface area (Å²) in [6, 6.07) is 10.3. The van der Waals surface area contributed by atoms with Gasteiger partial charge in [-0.25, -0.2) is 9.67 Å². The lowest BCUT2D eigenvalue weighted by Gasteiger charge is -2.07. The zero-order valence-electron chi connectivity index (χ0n) is 13.5. The van der Waals surface area contributed by atoms with E-state index in [1.165, 1.54) is 11.9 Å². The van der Waals surface area contributed by atoms with Gasteiger partial charge in [0.05, 0.1) is 13.1 Å². The second kappa shape index (κ2) is 7.04. The Labute approximate surface area is 143 Å². The molecule has 0 aliphatic carbocycles. The van der Waals surface area contributed by atoms with E-state index < -0.39 is 0 Å². The van der Waals surface area contributed by atoms with E-state index >= 15 is 0 Å². The first kappa shape index (κ1) is 15.2. The van der Waals surface area contributed by atoms with Crippen LogP contribution in [0.4, 0.5) is 0 Å². The molecule has 0 fully saturated rings. The van der Waals surface area contributed by atoms with Crippen LogP contribution in [0.15, 0.2) is 55.4 Å². The van der Waals surface area contributed by atoms with Gasteiger partial charge in [0.2, 0.25) is 0 Å². The summed E-state index contributed by atoms with van der Waals surface area (Å²) in [6.07, 6.45) is 7.65. The van der Waals surface area contributed by atoms with Crippen LogP contribution in [0.25, 0.3) is 0 Å². The molecular formula is C16H17N9. The van der Waals surface area contributed by atoms with E-state index in [-0.39, 0.29) is 0 Å². The van der Waals surface area contributed by atoms with Crippen LogP contribution in [0.1, 0.15) is 17.0 Å². The number of nitrogens with zero attached hydrogens (tertiary/aromatic N) is 9. The Kier molecular flexibility index (Phi) is 4.27. The van der Waals surface area contributed by atoms with E-state index in [2.05, 4.69) is 55.0 Å². The van der Waals surface area contributed by atoms with Crippen molar-refractivity contribution in [1.82, 2.24) is 44.8 Å². The zero-order valence-corrected chi connectivity index (χ0v) is 13.5. The molecule has 0 aliphatic heterocycles. The summed E-state index contributed by atoms with van der Waals surface area (Å²) >= 11 is 0. The molecule has 0 spiro atoms. The molecular weight excluding hydrogens is 318 g/mol. The Morgan fingerprint density at radius 2 is 1.76 bits per heavy atom. The highest BCUT2D eigenvalue weighted by molar-refractivity contribution is 5.23. The largest absolute Gasteiger partial charge is 0.268 e. The lowest BCUT2D eigenvalue weighted by molar-refractivity contribution is 0.559. The molecule has 9 heteroatoms. The number of hydrogen-bond donors (Lipinski definition) is 0. The fraction of sp³-hybridized carbons (Fsp3) is 0.250. The molecule has 4 aromatic rings. The first-order valence-corrected chi connectivity index (χ1v) is 7.99. The third-order valence-corrected chi connectivity index (χ3v) is 3.90. The molecule has 0 bridgehead atoms. The van der Waals surface area contributed by atoms with Gasteiger partial charge in [-0.15, -0.1) is 5.10 Å². The number of aromatic nitrogens is 9. The molecule has 3 aromatic heterocycles. The van der Waals surface area contributed by atoms with E-state index in [4.69, 9.17) is 0 Å². The molecule has 0 N–H and O–H groups in total. The molecule has 0 aliphatic rings. The van der Waals surface area contributed by atoms with Gasteiger partial charge in [0.1, 0.15) is 12.7 Å². The molecule has 126 valence electrons. The van der Waals surface area contributed by atoms with Crippen LogP contribution in [-0.2, 0) is 26.1 Å². The fourth-order valence-electron chi connectivity index (χ4n) is 2.59. The van der Waals surface area contributed by atoms with Crippen molar-refractivity contribution >= 4 is 0 Å². The Morgan fingerprint density at radius 3 is 2.48 bits per heavy atom. The van der Waals surface area contributed by atoms with Crippen LogP contribution in [0.2, 0.25) is 0 Å². The molecule has 0 saturated heterocycles. The summed E-state index contributed by atoms with van der Waals surface area (Å²) in [5, 5.41) is 20.3. The Bertz CT molecular complexity index is 892. The SMILES string of the molecule is c1cnn(Cc2ccc(Cn3nnnc3CCn3cncn3)cc2)c1. The highest BCUT2D eigenvalue weighted by atomic mass is 15.5. The third-order valence-electron chi connectivity index (χ3n) is 3.90. The number of rotatable bonds is 7. The Balaban J connectivity index is 1.39. The van der Waals surface area contributed by atoms with Crippen LogP contribution in [0, 0.1) is 0 Å². The smallest absolute Gasteiger partial charge is 0.153 e. The van der Waals surface area contributed by atoms with Crippen LogP contribution in [-0.4, -0.2) is 44.8 Å². The predicted octanol–water partition coefficient (Wildman–Crippen LogP) is 0.800. The number of aryl methyl sites for hydroxylation is 2. The summed E-state index contributed by atoms with van der Waals surface area (Å²) in [5.74, 6) is 0.830. The van der Waals surface area contributed by atoms with Crippen molar-refractivity contribution in [2.24, 2.45) is 0 Å². The molecule has 0 saturated carbocycles. The maximum Gasteiger partial charge on any atom is 0.153 e. The Morgan fingerprint density at radius 1 is 0.920 bits per heavy atom. The topological polar surface area (TPSA) is 92.1 Å². The van der Waals surface area contributed by atoms with Crippen molar-refractivity contribution in [2.75, 3.05) is 0 Å². The van der Waals surface area contributed by atoms with Crippen molar-refractivity contribution in [2.45, 2.75) is 26.1 Å². The average Bonchev–Trinajstić information content (AvgIpc) is 3.38. The van der Waals surface area contributed by atoms with Crippen LogP contribution < -0.4 is 0 Å². The number of hydrogen-bond acceptors (Lipinski definition) is 6. The standard InChI is InChI=1S/C16H17N9/c1-7-18-23(8-1)10-14-2-4-15(5-3-14)11-25-16(20-21-22-25)6-9-24-13-17-12-19-24/h1-5,7-8,12-13H,6,9-11H2. The predicted molar refractivity (Wildman–Crippen MR) is 88.4 cm³/mol. The van der Waals surface area contributed by atoms with Gasteiger partial charge in [-0.2, -0.15) is 10.2 Å². The quantitative estimate of drug-likeness (QED) is 0.496. The second-order valence-electron chi connectivity index (χ2n) is 5.68. The first-order chi connectivity index (χ1) is 12.4. The van der Waals surface area contributed by atoms with Crippen molar-refractivity contribution in [3.8, 4) is 0 Å². The summed E-state index contributed by atoms with van der Waals surface area (Å²) in [4.78, 5) is 3.93. The Hall–Kier alpha value is -3.36. The van der Waals surface area contributed by atoms with E-state index in [1.54, 1.807) is 17.2 Å². The number of tetrazole rings is 1. The first-order valence-electron chi connectivity index (χ1n) is 7.99. The van der Waals surface area contributed by atoms with E-state index in [0.717, 1.165) is 17.9 Å². The molecule has 3 heterocycles. The van der Waals surface area contributed by atoms with Gasteiger partial charge in [0.25, 0.3) is 0 Å². The van der Waals surface area contributed by atoms with Crippen LogP contribution in [0.3, 0.4) is 0 Å². The minimum Gasteiger partial charge on any atom is -0.268 e. The summed E-state index contributed by atoms with van der Waals surface area (Å²) in [5.41, 5.74) is 2.36. The maximum atomic E-state index is 4.22. The van der Waals surface area contributed by atoms with E-state index in [0.29, 0.717) is 19.5 Å². The normalized spacial score (nSPS) is 11.0. The zero-order chi connectivity index (χ0) is 16.9. The van der Waals surface area contributed by atoms with Crippen molar-refractivity contribution in [3.63, 3.8) is 0 Å². The lowest BCUT2D eigenvalue weighted by atomic mass is 10.1. The highest BCUT2D eigenvalue weighted by Crippen LogP contribution is 2.08. The van der Waals surface area contributed by atoms with Crippen molar-refractivity contribution in [1.29, 1.82) is 0 Å². The summed E-state index contributed by atoms with van der Waals surface area (Å²) in [6.45, 7) is 2.10. The van der Waals surface area contributed by atoms with Gasteiger partial charge in [0.15, 0.2) is 5.82 Å². The molecule has 4 rings (SSSR count). The molecule has 0 amide bonds. The minimum absolute atomic E-state index is 0.641. The summed E-state index contributed by atoms with van der Waals surface area (Å²) < 4.78 is 5.49. The number of benzene rings is 1. The van der Waals surface area contributed by atoms with Crippen LogP contribution >= 0.6 is 0 Å². The molecule has 0 unspecified atom stereocenters. The molecule has 9 nitrogen and oxygen atoms in total. The molecule has 1 aromatic carbocycles. The van der Waals surface area contributed by atoms with E-state index in [9.17, 15) is 0 Å². The fourth-order valence-corrected chi connectivity index (χ4v) is 2.59. The van der Waals surface area contributed by atoms with Gasteiger partial charge in [-0.1, -0.05) is 24.3 Å². The second-order valence-corrected chi connectivity index (χ2v) is 5.68. The van der Waals surface area contributed by atoms with Crippen LogP contribution in [0.5, 0.6) is 0 Å². The minimum atomic E-state index is 0.641. The highest BCUT2D eigenvalue weighted by Gasteiger charge is 2.07.